The van der Waals surface area contributed by atoms with E-state index < -0.39 is 76.6 Å². The number of hydrogen-bond acceptors (Lipinski definition) is 11. The minimum Gasteiger partial charge on any atom is -0.467 e. The molecule has 2 saturated heterocycles. The number of carbonyl (C=O) groups is 4. The van der Waals surface area contributed by atoms with Crippen LogP contribution in [0.2, 0.25) is 0 Å². The molecule has 2 saturated carbocycles. The van der Waals surface area contributed by atoms with Crippen molar-refractivity contribution in [1.82, 2.24) is 0 Å². The van der Waals surface area contributed by atoms with E-state index in [9.17, 15) is 29.4 Å². The molecule has 0 aromatic heterocycles. The number of aliphatic hydroxyl groups is 2. The second-order valence-electron chi connectivity index (χ2n) is 11.0. The molecule has 2 bridgehead atoms. The summed E-state index contributed by atoms with van der Waals surface area (Å²) in [6.45, 7) is 4.81. The second kappa shape index (κ2) is 7.17. The minimum atomic E-state index is -2.17. The van der Waals surface area contributed by atoms with Gasteiger partial charge in [0, 0.05) is 35.3 Å². The zero-order chi connectivity index (χ0) is 25.9. The highest BCUT2D eigenvalue weighted by atomic mass is 16.6. The van der Waals surface area contributed by atoms with Crippen LogP contribution in [0.3, 0.4) is 0 Å². The number of ether oxygens (including phenoxy) is 5. The Labute approximate surface area is 206 Å². The van der Waals surface area contributed by atoms with Crippen LogP contribution in [0.4, 0.5) is 0 Å². The van der Waals surface area contributed by atoms with E-state index in [0.29, 0.717) is 17.8 Å². The van der Waals surface area contributed by atoms with Gasteiger partial charge in [0.05, 0.1) is 25.7 Å². The number of esters is 4. The lowest BCUT2D eigenvalue weighted by Gasteiger charge is -2.67. The Balaban J connectivity index is 1.63. The van der Waals surface area contributed by atoms with Gasteiger partial charge in [-0.3, -0.25) is 4.79 Å². The first kappa shape index (κ1) is 23.6. The summed E-state index contributed by atoms with van der Waals surface area (Å²) < 4.78 is 27.8. The van der Waals surface area contributed by atoms with Crippen molar-refractivity contribution in [1.29, 1.82) is 0 Å². The first-order valence-electron chi connectivity index (χ1n) is 12.1. The fourth-order valence-corrected chi connectivity index (χ4v) is 8.64. The predicted molar refractivity (Wildman–Crippen MR) is 115 cm³/mol. The van der Waals surface area contributed by atoms with Crippen LogP contribution in [-0.2, 0) is 42.9 Å². The molecule has 11 heteroatoms. The van der Waals surface area contributed by atoms with Gasteiger partial charge in [0.2, 0.25) is 11.7 Å². The predicted octanol–water partition coefficient (Wildman–Crippen LogP) is -0.217. The highest BCUT2D eigenvalue weighted by Crippen LogP contribution is 2.74. The quantitative estimate of drug-likeness (QED) is 0.379. The summed E-state index contributed by atoms with van der Waals surface area (Å²) in [5.41, 5.74) is -3.76. The zero-order valence-corrected chi connectivity index (χ0v) is 20.3. The van der Waals surface area contributed by atoms with Crippen LogP contribution in [0.1, 0.15) is 27.2 Å². The topological polar surface area (TPSA) is 155 Å². The van der Waals surface area contributed by atoms with Crippen molar-refractivity contribution >= 4 is 23.9 Å². The normalized spacial score (nSPS) is 49.9. The van der Waals surface area contributed by atoms with Crippen LogP contribution in [0.5, 0.6) is 0 Å². The monoisotopic (exact) mass is 504 g/mol. The van der Waals surface area contributed by atoms with E-state index in [1.165, 1.54) is 6.08 Å². The number of hydrogen-bond donors (Lipinski definition) is 2. The molecular formula is C25H28O11. The van der Waals surface area contributed by atoms with Gasteiger partial charge in [0.1, 0.15) is 18.0 Å². The van der Waals surface area contributed by atoms with Gasteiger partial charge in [-0.25, -0.2) is 14.4 Å². The Hall–Kier alpha value is -2.76. The summed E-state index contributed by atoms with van der Waals surface area (Å²) in [5, 5.41) is 23.3. The SMILES string of the molecule is COC(=O)[C@@]12OC[C@]34[C@H]([C@@H](O)[C@@H]1O)[C@@]1(C)C5=CC(=O)OC5=C[C@@H](C)[C@@H]1C[C@H]3OC(=O)[C@H](OC(C)=O)[C@@H]24. The molecule has 11 atom stereocenters. The van der Waals surface area contributed by atoms with Crippen molar-refractivity contribution in [3.8, 4) is 0 Å². The van der Waals surface area contributed by atoms with Crippen molar-refractivity contribution in [3.05, 3.63) is 23.5 Å². The summed E-state index contributed by atoms with van der Waals surface area (Å²) in [6.07, 6.45) is -2.16. The van der Waals surface area contributed by atoms with Crippen molar-refractivity contribution in [2.45, 2.75) is 57.2 Å². The molecule has 3 aliphatic carbocycles. The van der Waals surface area contributed by atoms with Crippen LogP contribution in [0.15, 0.2) is 23.5 Å². The molecule has 6 aliphatic rings. The van der Waals surface area contributed by atoms with E-state index in [1.54, 1.807) is 0 Å². The molecule has 1 spiro atoms. The molecule has 0 radical (unpaired) electrons. The number of methoxy groups -OCH3 is 1. The fourth-order valence-electron chi connectivity index (χ4n) is 8.64. The van der Waals surface area contributed by atoms with Gasteiger partial charge < -0.3 is 33.9 Å². The van der Waals surface area contributed by atoms with Crippen LogP contribution in [0.25, 0.3) is 0 Å². The Morgan fingerprint density at radius 1 is 1.19 bits per heavy atom. The molecule has 36 heavy (non-hydrogen) atoms. The molecule has 11 nitrogen and oxygen atoms in total. The lowest BCUT2D eigenvalue weighted by Crippen LogP contribution is -2.79. The van der Waals surface area contributed by atoms with Crippen molar-refractivity contribution in [2.75, 3.05) is 13.7 Å². The van der Waals surface area contributed by atoms with Gasteiger partial charge in [0.25, 0.3) is 0 Å². The molecule has 3 heterocycles. The van der Waals surface area contributed by atoms with Gasteiger partial charge in [0.15, 0.2) is 0 Å². The minimum absolute atomic E-state index is 0.132. The Morgan fingerprint density at radius 2 is 1.92 bits per heavy atom. The summed E-state index contributed by atoms with van der Waals surface area (Å²) in [4.78, 5) is 50.9. The Kier molecular flexibility index (Phi) is 4.71. The van der Waals surface area contributed by atoms with E-state index in [0.717, 1.165) is 14.0 Å². The number of aliphatic hydroxyl groups excluding tert-OH is 2. The van der Waals surface area contributed by atoms with Crippen LogP contribution in [0, 0.1) is 34.5 Å². The fraction of sp³-hybridized carbons (Fsp3) is 0.680. The first-order chi connectivity index (χ1) is 16.9. The second-order valence-corrected chi connectivity index (χ2v) is 11.0. The largest absolute Gasteiger partial charge is 0.467 e. The maximum Gasteiger partial charge on any atom is 0.348 e. The smallest absolute Gasteiger partial charge is 0.348 e. The van der Waals surface area contributed by atoms with Crippen molar-refractivity contribution < 1.29 is 53.1 Å². The molecular weight excluding hydrogens is 476 g/mol. The Bertz CT molecular complexity index is 1160. The molecule has 6 rings (SSSR count). The number of carbonyl (C=O) groups excluding carboxylic acids is 4. The van der Waals surface area contributed by atoms with Crippen molar-refractivity contribution in [2.24, 2.45) is 34.5 Å². The average molecular weight is 504 g/mol. The molecule has 3 aliphatic heterocycles. The summed E-state index contributed by atoms with van der Waals surface area (Å²) in [5.74, 6) is -5.15. The summed E-state index contributed by atoms with van der Waals surface area (Å²) in [7, 11) is 1.11. The van der Waals surface area contributed by atoms with E-state index in [-0.39, 0.29) is 18.4 Å². The summed E-state index contributed by atoms with van der Waals surface area (Å²) >= 11 is 0. The molecule has 0 unspecified atom stereocenters. The van der Waals surface area contributed by atoms with Gasteiger partial charge in [-0.05, 0) is 24.3 Å². The molecule has 2 N–H and O–H groups in total. The number of rotatable bonds is 2. The van der Waals surface area contributed by atoms with Gasteiger partial charge in [-0.2, -0.15) is 0 Å². The standard InChI is InChI=1S/C25H28O11/c1-9-5-13-12(7-15(27)35-13)23(3)11(9)6-14-24-8-33-25(22(31)32-4,20(29)16(28)18(23)24)19(24)17(21(30)36-14)34-10(2)26/h5,7,9,11,14,16-20,28-29H,6,8H2,1-4H3/t9-,11+,14-,16-,17-,18-,19-,20+,23-,24-,25+/m1/s1. The van der Waals surface area contributed by atoms with E-state index >= 15 is 0 Å². The number of fused-ring (bicyclic) bond motifs is 4. The Morgan fingerprint density at radius 3 is 2.58 bits per heavy atom. The van der Waals surface area contributed by atoms with Crippen LogP contribution >= 0.6 is 0 Å². The van der Waals surface area contributed by atoms with Crippen molar-refractivity contribution in [3.63, 3.8) is 0 Å². The third-order valence-corrected chi connectivity index (χ3v) is 9.73. The molecule has 0 amide bonds. The number of allylic oxidation sites excluding steroid dienone is 2. The molecule has 0 aromatic rings. The third-order valence-electron chi connectivity index (χ3n) is 9.73. The van der Waals surface area contributed by atoms with E-state index in [1.807, 2.05) is 19.9 Å². The zero-order valence-electron chi connectivity index (χ0n) is 20.3. The van der Waals surface area contributed by atoms with E-state index in [2.05, 4.69) is 0 Å². The van der Waals surface area contributed by atoms with Crippen LogP contribution in [-0.4, -0.2) is 77.8 Å². The maximum atomic E-state index is 13.3. The highest BCUT2D eigenvalue weighted by Gasteiger charge is 2.85. The van der Waals surface area contributed by atoms with Gasteiger partial charge in [-0.15, -0.1) is 0 Å². The average Bonchev–Trinajstić information content (AvgIpc) is 3.34. The van der Waals surface area contributed by atoms with Crippen LogP contribution < -0.4 is 0 Å². The highest BCUT2D eigenvalue weighted by molar-refractivity contribution is 5.90. The van der Waals surface area contributed by atoms with Gasteiger partial charge in [-0.1, -0.05) is 13.8 Å². The summed E-state index contributed by atoms with van der Waals surface area (Å²) in [6, 6.07) is 0. The molecule has 0 aromatic carbocycles. The molecule has 4 fully saturated rings. The lowest BCUT2D eigenvalue weighted by molar-refractivity contribution is -0.289. The molecule has 194 valence electrons. The van der Waals surface area contributed by atoms with Gasteiger partial charge >= 0.3 is 23.9 Å². The first-order valence-corrected chi connectivity index (χ1v) is 12.1. The van der Waals surface area contributed by atoms with E-state index in [4.69, 9.17) is 23.7 Å². The third kappa shape index (κ3) is 2.44. The maximum absolute atomic E-state index is 13.3. The lowest BCUT2D eigenvalue weighted by atomic mass is 9.37.